The Morgan fingerprint density at radius 1 is 1.12 bits per heavy atom. The van der Waals surface area contributed by atoms with Crippen LogP contribution in [-0.2, 0) is 35.1 Å². The van der Waals surface area contributed by atoms with Gasteiger partial charge in [0.2, 0.25) is 17.7 Å². The third-order valence-corrected chi connectivity index (χ3v) is 11.2. The van der Waals surface area contributed by atoms with Gasteiger partial charge in [0.05, 0.1) is 36.6 Å². The number of amides is 3. The average Bonchev–Trinajstić information content (AvgIpc) is 3.74. The highest BCUT2D eigenvalue weighted by Crippen LogP contribution is 2.60. The van der Waals surface area contributed by atoms with Crippen molar-refractivity contribution in [2.45, 2.75) is 86.5 Å². The molecule has 2 N–H and O–H groups in total. The number of rotatable bonds is 19. The zero-order valence-electron chi connectivity index (χ0n) is 29.3. The number of aliphatic hydroxyl groups is 1. The van der Waals surface area contributed by atoms with E-state index < -0.39 is 53.5 Å². The number of likely N-dealkylation sites (tertiary alicyclic amines) is 1. The van der Waals surface area contributed by atoms with Gasteiger partial charge in [0.15, 0.2) is 0 Å². The van der Waals surface area contributed by atoms with E-state index in [9.17, 15) is 24.3 Å². The quantitative estimate of drug-likeness (QED) is 0.0902. The van der Waals surface area contributed by atoms with E-state index in [4.69, 9.17) is 9.47 Å². The predicted molar refractivity (Wildman–Crippen MR) is 198 cm³/mol. The van der Waals surface area contributed by atoms with Gasteiger partial charge in [0.1, 0.15) is 18.2 Å². The van der Waals surface area contributed by atoms with Gasteiger partial charge in [-0.2, -0.15) is 0 Å². The maximum atomic E-state index is 14.9. The number of nitrogens with one attached hydrogen (secondary N) is 1. The second-order valence-electron chi connectivity index (χ2n) is 13.7. The Kier molecular flexibility index (Phi) is 13.3. The topological polar surface area (TPSA) is 125 Å². The number of aliphatic hydroxyl groups excluding tert-OH is 1. The number of carbonyl (C=O) groups is 4. The normalized spacial score (nSPS) is 25.9. The van der Waals surface area contributed by atoms with Crippen LogP contribution in [0.2, 0.25) is 0 Å². The van der Waals surface area contributed by atoms with Gasteiger partial charge in [-0.25, -0.2) is 0 Å². The number of allylic oxidation sites excluding steroid dienone is 1. The first-order valence-electron chi connectivity index (χ1n) is 18.0. The highest BCUT2D eigenvalue weighted by Gasteiger charge is 2.77. The Labute approximate surface area is 309 Å². The summed E-state index contributed by atoms with van der Waals surface area (Å²) in [6.45, 7) is 9.93. The number of benzene rings is 2. The van der Waals surface area contributed by atoms with Crippen LogP contribution in [-0.4, -0.2) is 93.5 Å². The summed E-state index contributed by atoms with van der Waals surface area (Å²) in [5.74, 6) is -3.41. The number of carbonyl (C=O) groups excluding carboxylic acids is 4. The van der Waals surface area contributed by atoms with E-state index in [0.717, 1.165) is 30.4 Å². The minimum absolute atomic E-state index is 0.101. The summed E-state index contributed by atoms with van der Waals surface area (Å²) in [5, 5.41) is 13.9. The number of unbranched alkanes of at least 4 members (excludes halogenated alkanes) is 2. The smallest absolute Gasteiger partial charge is 0.306 e. The Balaban J connectivity index is 1.50. The number of ether oxygens (including phenoxy) is 2. The molecule has 10 nitrogen and oxygen atoms in total. The molecule has 3 amide bonds. The summed E-state index contributed by atoms with van der Waals surface area (Å²) in [7, 11) is 0. The minimum atomic E-state index is -1.30. The molecular formula is C40H50BrN3O7. The van der Waals surface area contributed by atoms with Crippen molar-refractivity contribution in [3.8, 4) is 0 Å². The standard InChI is InChI=1S/C40H50BrN3O7/c1-4-7-15-22-43(21-6-3)39(49)36-40-24-30(41)35(51-40)33(34(40)38(48)44(36)29(25-45)23-27-16-11-9-12-17-27)37(47)42-31(28-18-13-10-14-19-28)26-50-32(46)20-8-5-2/h5-6,9-14,16-19,29-31,33-36,45H,2-4,7-8,15,20-26H2,1H3,(H,42,47)/t29-,30?,31-,33-,34+,35-,36-,40+/m1/s1. The SMILES string of the molecule is C=CCCC(=O)OC[C@@H](NC(=O)[C@H]1[C@@H]2O[C@@]3(CC2Br)[C@@H]1C(=O)N([C@@H](CO)Cc1ccccc1)[C@@H]3C(=O)N(CC=C)CCCCC)c1ccccc1. The molecule has 0 radical (unpaired) electrons. The molecule has 3 heterocycles. The fourth-order valence-electron chi connectivity index (χ4n) is 7.99. The highest BCUT2D eigenvalue weighted by atomic mass is 79.9. The zero-order valence-corrected chi connectivity index (χ0v) is 30.9. The summed E-state index contributed by atoms with van der Waals surface area (Å²) < 4.78 is 12.3. The van der Waals surface area contributed by atoms with Crippen molar-refractivity contribution in [2.75, 3.05) is 26.3 Å². The Morgan fingerprint density at radius 2 is 1.82 bits per heavy atom. The molecule has 0 aromatic heterocycles. The van der Waals surface area contributed by atoms with Gasteiger partial charge in [-0.3, -0.25) is 19.2 Å². The van der Waals surface area contributed by atoms with Gasteiger partial charge < -0.3 is 29.7 Å². The number of esters is 1. The first kappa shape index (κ1) is 38.4. The van der Waals surface area contributed by atoms with E-state index in [-0.39, 0.29) is 36.3 Å². The Hall–Kier alpha value is -3.80. The molecular weight excluding hydrogens is 714 g/mol. The van der Waals surface area contributed by atoms with Crippen LogP contribution in [0.3, 0.4) is 0 Å². The first-order chi connectivity index (χ1) is 24.7. The maximum Gasteiger partial charge on any atom is 0.306 e. The van der Waals surface area contributed by atoms with E-state index in [1.54, 1.807) is 17.1 Å². The molecule has 3 aliphatic rings. The van der Waals surface area contributed by atoms with Crippen molar-refractivity contribution in [3.63, 3.8) is 0 Å². The number of hydrogen-bond acceptors (Lipinski definition) is 7. The summed E-state index contributed by atoms with van der Waals surface area (Å²) >= 11 is 3.76. The van der Waals surface area contributed by atoms with Crippen LogP contribution in [0.25, 0.3) is 0 Å². The van der Waals surface area contributed by atoms with Gasteiger partial charge >= 0.3 is 5.97 Å². The summed E-state index contributed by atoms with van der Waals surface area (Å²) in [6.07, 6.45) is 6.64. The number of fused-ring (bicyclic) bond motifs is 1. The minimum Gasteiger partial charge on any atom is -0.463 e. The van der Waals surface area contributed by atoms with E-state index in [1.807, 2.05) is 60.7 Å². The molecule has 2 bridgehead atoms. The molecule has 3 saturated heterocycles. The molecule has 11 heteroatoms. The molecule has 2 aromatic carbocycles. The predicted octanol–water partition coefficient (Wildman–Crippen LogP) is 4.91. The van der Waals surface area contributed by atoms with Crippen LogP contribution >= 0.6 is 15.9 Å². The van der Waals surface area contributed by atoms with E-state index in [2.05, 4.69) is 41.3 Å². The molecule has 3 aliphatic heterocycles. The lowest BCUT2D eigenvalue weighted by atomic mass is 9.70. The summed E-state index contributed by atoms with van der Waals surface area (Å²) in [6, 6.07) is 16.3. The molecule has 3 fully saturated rings. The second-order valence-corrected chi connectivity index (χ2v) is 14.9. The maximum absolute atomic E-state index is 14.9. The molecule has 1 spiro atoms. The van der Waals surface area contributed by atoms with Crippen molar-refractivity contribution in [3.05, 3.63) is 97.1 Å². The molecule has 8 atom stereocenters. The Morgan fingerprint density at radius 3 is 2.47 bits per heavy atom. The fraction of sp³-hybridized carbons (Fsp3) is 0.500. The molecule has 1 unspecified atom stereocenters. The van der Waals surface area contributed by atoms with Gasteiger partial charge in [0.25, 0.3) is 0 Å². The van der Waals surface area contributed by atoms with E-state index in [0.29, 0.717) is 32.4 Å². The van der Waals surface area contributed by atoms with Crippen molar-refractivity contribution >= 4 is 39.6 Å². The number of hydrogen-bond donors (Lipinski definition) is 2. The zero-order chi connectivity index (χ0) is 36.5. The van der Waals surface area contributed by atoms with Gasteiger partial charge in [-0.15, -0.1) is 13.2 Å². The largest absolute Gasteiger partial charge is 0.463 e. The lowest BCUT2D eigenvalue weighted by Crippen LogP contribution is -2.59. The van der Waals surface area contributed by atoms with Crippen LogP contribution < -0.4 is 5.32 Å². The molecule has 274 valence electrons. The first-order valence-corrected chi connectivity index (χ1v) is 18.9. The summed E-state index contributed by atoms with van der Waals surface area (Å²) in [5.41, 5.74) is 0.337. The van der Waals surface area contributed by atoms with Crippen LogP contribution in [0.4, 0.5) is 0 Å². The summed E-state index contributed by atoms with van der Waals surface area (Å²) in [4.78, 5) is 59.6. The average molecular weight is 765 g/mol. The molecule has 5 rings (SSSR count). The van der Waals surface area contributed by atoms with Crippen LogP contribution in [0.5, 0.6) is 0 Å². The number of alkyl halides is 1. The molecule has 51 heavy (non-hydrogen) atoms. The lowest BCUT2D eigenvalue weighted by molar-refractivity contribution is -0.151. The Bertz CT molecular complexity index is 1540. The lowest BCUT2D eigenvalue weighted by Gasteiger charge is -2.39. The molecule has 2 aromatic rings. The van der Waals surface area contributed by atoms with Crippen LogP contribution in [0, 0.1) is 11.8 Å². The van der Waals surface area contributed by atoms with Gasteiger partial charge in [-0.05, 0) is 36.8 Å². The van der Waals surface area contributed by atoms with Gasteiger partial charge in [-0.1, -0.05) is 109 Å². The van der Waals surface area contributed by atoms with Crippen molar-refractivity contribution in [2.24, 2.45) is 11.8 Å². The van der Waals surface area contributed by atoms with E-state index >= 15 is 0 Å². The van der Waals surface area contributed by atoms with Crippen LogP contribution in [0.1, 0.15) is 62.6 Å². The fourth-order valence-corrected chi connectivity index (χ4v) is 8.94. The van der Waals surface area contributed by atoms with Crippen molar-refractivity contribution in [1.82, 2.24) is 15.1 Å². The third kappa shape index (κ3) is 8.16. The van der Waals surface area contributed by atoms with Gasteiger partial charge in [0, 0.05) is 24.3 Å². The highest BCUT2D eigenvalue weighted by molar-refractivity contribution is 9.09. The number of nitrogens with zero attached hydrogens (tertiary/aromatic N) is 2. The second kappa shape index (κ2) is 17.6. The van der Waals surface area contributed by atoms with Crippen molar-refractivity contribution in [1.29, 1.82) is 0 Å². The third-order valence-electron chi connectivity index (χ3n) is 10.4. The van der Waals surface area contributed by atoms with Crippen LogP contribution in [0.15, 0.2) is 86.0 Å². The van der Waals surface area contributed by atoms with E-state index in [1.165, 1.54) is 4.90 Å². The van der Waals surface area contributed by atoms with Crippen molar-refractivity contribution < 1.29 is 33.8 Å². The molecule has 0 aliphatic carbocycles. The monoisotopic (exact) mass is 763 g/mol. The molecule has 0 saturated carbocycles. The number of halogens is 1.